The van der Waals surface area contributed by atoms with Gasteiger partial charge in [-0.2, -0.15) is 0 Å². The van der Waals surface area contributed by atoms with E-state index in [1.807, 2.05) is 16.9 Å². The number of nitrogens with zero attached hydrogens (tertiary/aromatic N) is 6. The Labute approximate surface area is 199 Å². The number of nitrogen functional groups attached to an aromatic ring is 1. The van der Waals surface area contributed by atoms with Crippen LogP contribution in [0.25, 0.3) is 39.2 Å². The smallest absolute Gasteiger partial charge is 0.164 e. The zero-order chi connectivity index (χ0) is 23.9. The molecule has 1 aliphatic heterocycles. The molecule has 2 N–H and O–H groups in total. The lowest BCUT2D eigenvalue weighted by atomic mass is 10.0. The van der Waals surface area contributed by atoms with Crippen molar-refractivity contribution in [3.63, 3.8) is 0 Å². The van der Waals surface area contributed by atoms with Gasteiger partial charge in [0.05, 0.1) is 17.9 Å². The highest BCUT2D eigenvalue weighted by atomic mass is 19.1. The highest BCUT2D eigenvalue weighted by molar-refractivity contribution is 5.80. The lowest BCUT2D eigenvalue weighted by molar-refractivity contribution is 0.0657. The van der Waals surface area contributed by atoms with Crippen LogP contribution in [0.1, 0.15) is 18.9 Å². The normalized spacial score (nSPS) is 14.6. The summed E-state index contributed by atoms with van der Waals surface area (Å²) in [6.07, 6.45) is 7.12. The number of aromatic nitrogens is 6. The summed E-state index contributed by atoms with van der Waals surface area (Å²) in [5, 5.41) is 8.62. The van der Waals surface area contributed by atoms with Gasteiger partial charge in [-0.25, -0.2) is 23.4 Å². The summed E-state index contributed by atoms with van der Waals surface area (Å²) in [5.74, 6) is -1.29. The third-order valence-corrected chi connectivity index (χ3v) is 6.22. The number of nitrogens with two attached hydrogens (primary N) is 1. The second-order valence-corrected chi connectivity index (χ2v) is 8.55. The molecule has 5 aromatic rings. The average Bonchev–Trinajstić information content (AvgIpc) is 3.51. The molecule has 1 fully saturated rings. The van der Waals surface area contributed by atoms with Crippen molar-refractivity contribution in [3.8, 4) is 28.1 Å². The number of hydrogen-bond donors (Lipinski definition) is 1. The highest BCUT2D eigenvalue weighted by Gasteiger charge is 2.18. The summed E-state index contributed by atoms with van der Waals surface area (Å²) in [6.45, 7) is 1.45. The number of pyridine rings is 1. The van der Waals surface area contributed by atoms with Gasteiger partial charge in [0.2, 0.25) is 0 Å². The van der Waals surface area contributed by atoms with E-state index in [4.69, 9.17) is 10.5 Å². The molecule has 3 aromatic heterocycles. The predicted octanol–water partition coefficient (Wildman–Crippen LogP) is 4.56. The maximum absolute atomic E-state index is 14.4. The topological polar surface area (TPSA) is 96.7 Å². The molecule has 8 nitrogen and oxygen atoms in total. The molecule has 0 bridgehead atoms. The van der Waals surface area contributed by atoms with Gasteiger partial charge in [0.1, 0.15) is 29.2 Å². The Hall–Kier alpha value is -4.18. The van der Waals surface area contributed by atoms with Crippen molar-refractivity contribution in [2.45, 2.75) is 18.9 Å². The maximum Gasteiger partial charge on any atom is 0.164 e. The molecule has 10 heteroatoms. The molecule has 0 amide bonds. The third kappa shape index (κ3) is 4.01. The van der Waals surface area contributed by atoms with Crippen molar-refractivity contribution in [3.05, 3.63) is 72.8 Å². The number of halogens is 2. The van der Waals surface area contributed by atoms with Crippen molar-refractivity contribution >= 4 is 16.9 Å². The Bertz CT molecular complexity index is 1540. The summed E-state index contributed by atoms with van der Waals surface area (Å²) in [6, 6.07) is 10.8. The van der Waals surface area contributed by atoms with Crippen LogP contribution in [0.4, 0.5) is 14.5 Å². The van der Waals surface area contributed by atoms with Gasteiger partial charge in [-0.05, 0) is 54.8 Å². The first-order chi connectivity index (χ1) is 17.0. The third-order valence-electron chi connectivity index (χ3n) is 6.22. The fraction of sp³-hybridized carbons (Fsp3) is 0.200. The summed E-state index contributed by atoms with van der Waals surface area (Å²) in [5.41, 5.74) is 10.8. The van der Waals surface area contributed by atoms with Gasteiger partial charge in [0, 0.05) is 42.3 Å². The molecule has 1 saturated heterocycles. The van der Waals surface area contributed by atoms with Crippen LogP contribution in [0.5, 0.6) is 0 Å². The number of imidazole rings is 1. The molecule has 0 saturated carbocycles. The average molecular weight is 473 g/mol. The van der Waals surface area contributed by atoms with Gasteiger partial charge in [-0.3, -0.25) is 4.57 Å². The summed E-state index contributed by atoms with van der Waals surface area (Å²) < 4.78 is 36.9. The Morgan fingerprint density at radius 3 is 2.66 bits per heavy atom. The van der Waals surface area contributed by atoms with Gasteiger partial charge in [0.15, 0.2) is 5.65 Å². The molecule has 0 radical (unpaired) electrons. The fourth-order valence-electron chi connectivity index (χ4n) is 4.42. The van der Waals surface area contributed by atoms with Crippen LogP contribution in [-0.4, -0.2) is 42.7 Å². The second kappa shape index (κ2) is 8.55. The molecule has 4 heterocycles. The van der Waals surface area contributed by atoms with Crippen molar-refractivity contribution in [1.29, 1.82) is 0 Å². The number of hydrogen-bond acceptors (Lipinski definition) is 6. The first-order valence-corrected chi connectivity index (χ1v) is 11.2. The van der Waals surface area contributed by atoms with Crippen LogP contribution in [0.3, 0.4) is 0 Å². The molecule has 0 unspecified atom stereocenters. The Morgan fingerprint density at radius 2 is 1.83 bits per heavy atom. The van der Waals surface area contributed by atoms with Crippen molar-refractivity contribution in [1.82, 2.24) is 29.5 Å². The van der Waals surface area contributed by atoms with E-state index in [9.17, 15) is 8.78 Å². The molecule has 35 heavy (non-hydrogen) atoms. The molecular weight excluding hydrogens is 452 g/mol. The second-order valence-electron chi connectivity index (χ2n) is 8.55. The van der Waals surface area contributed by atoms with E-state index in [-0.39, 0.29) is 11.6 Å². The monoisotopic (exact) mass is 473 g/mol. The van der Waals surface area contributed by atoms with E-state index in [1.165, 1.54) is 12.1 Å². The quantitative estimate of drug-likeness (QED) is 0.385. The van der Waals surface area contributed by atoms with E-state index in [1.54, 1.807) is 35.3 Å². The van der Waals surface area contributed by atoms with E-state index in [0.29, 0.717) is 28.1 Å². The summed E-state index contributed by atoms with van der Waals surface area (Å²) in [7, 11) is 0. The minimum atomic E-state index is -0.659. The Kier molecular flexibility index (Phi) is 5.22. The number of ether oxygens (including phenoxy) is 1. The maximum atomic E-state index is 14.4. The molecule has 6 rings (SSSR count). The first-order valence-electron chi connectivity index (χ1n) is 11.2. The Balaban J connectivity index is 1.35. The predicted molar refractivity (Wildman–Crippen MR) is 127 cm³/mol. The van der Waals surface area contributed by atoms with Gasteiger partial charge < -0.3 is 10.5 Å². The fourth-order valence-corrected chi connectivity index (χ4v) is 4.42. The summed E-state index contributed by atoms with van der Waals surface area (Å²) in [4.78, 5) is 9.12. The zero-order valence-electron chi connectivity index (χ0n) is 18.6. The van der Waals surface area contributed by atoms with Gasteiger partial charge in [-0.15, -0.1) is 5.10 Å². The molecule has 0 aliphatic carbocycles. The van der Waals surface area contributed by atoms with Crippen molar-refractivity contribution in [2.75, 3.05) is 18.9 Å². The largest absolute Gasteiger partial charge is 0.399 e. The highest BCUT2D eigenvalue weighted by Crippen LogP contribution is 2.30. The Morgan fingerprint density at radius 1 is 0.971 bits per heavy atom. The number of rotatable bonds is 4. The molecule has 0 spiro atoms. The lowest BCUT2D eigenvalue weighted by Gasteiger charge is -2.21. The molecule has 2 aromatic carbocycles. The van der Waals surface area contributed by atoms with E-state index < -0.39 is 11.6 Å². The van der Waals surface area contributed by atoms with Crippen LogP contribution in [0, 0.1) is 11.6 Å². The SMILES string of the molecule is Nc1cc(-c2ccc(F)cc2F)cc(-n2cnc3cc(-c4cn(C5CCOCC5)nn4)cnc32)c1. The van der Waals surface area contributed by atoms with Crippen molar-refractivity contribution < 1.29 is 13.5 Å². The number of fused-ring (bicyclic) bond motifs is 1. The van der Waals surface area contributed by atoms with E-state index >= 15 is 0 Å². The minimum absolute atomic E-state index is 0.257. The van der Waals surface area contributed by atoms with Crippen molar-refractivity contribution in [2.24, 2.45) is 0 Å². The standard InChI is InChI=1S/C25H21F2N7O/c26-17-1-2-21(22(27)10-17)15-7-18(28)11-20(8-15)33-14-30-23-9-16(12-29-25(23)33)24-13-34(32-31-24)19-3-5-35-6-4-19/h1-2,7-14,19H,3-6,28H2. The molecule has 176 valence electrons. The molecular formula is C25H21F2N7O. The van der Waals surface area contributed by atoms with Crippen LogP contribution < -0.4 is 5.73 Å². The van der Waals surface area contributed by atoms with Crippen LogP contribution in [0.2, 0.25) is 0 Å². The first kappa shape index (κ1) is 21.4. The number of benzene rings is 2. The molecule has 1 aliphatic rings. The van der Waals surface area contributed by atoms with Crippen LogP contribution >= 0.6 is 0 Å². The van der Waals surface area contributed by atoms with Gasteiger partial charge in [-0.1, -0.05) is 5.21 Å². The van der Waals surface area contributed by atoms with Gasteiger partial charge >= 0.3 is 0 Å². The van der Waals surface area contributed by atoms with Crippen LogP contribution in [-0.2, 0) is 4.74 Å². The zero-order valence-corrected chi connectivity index (χ0v) is 18.6. The lowest BCUT2D eigenvalue weighted by Crippen LogP contribution is -2.19. The van der Waals surface area contributed by atoms with E-state index in [2.05, 4.69) is 20.3 Å². The molecule has 0 atom stereocenters. The van der Waals surface area contributed by atoms with Crippen LogP contribution in [0.15, 0.2) is 61.2 Å². The van der Waals surface area contributed by atoms with Gasteiger partial charge in [0.25, 0.3) is 0 Å². The number of anilines is 1. The van der Waals surface area contributed by atoms with E-state index in [0.717, 1.165) is 43.4 Å². The minimum Gasteiger partial charge on any atom is -0.399 e. The summed E-state index contributed by atoms with van der Waals surface area (Å²) >= 11 is 0.